The van der Waals surface area contributed by atoms with Gasteiger partial charge in [0.2, 0.25) is 0 Å². The molecule has 1 unspecified atom stereocenters. The van der Waals surface area contributed by atoms with Crippen molar-refractivity contribution < 1.29 is 9.47 Å². The smallest absolute Gasteiger partial charge is 0.145 e. The van der Waals surface area contributed by atoms with Gasteiger partial charge in [-0.3, -0.25) is 9.97 Å². The molecule has 0 radical (unpaired) electrons. The van der Waals surface area contributed by atoms with Gasteiger partial charge >= 0.3 is 0 Å². The van der Waals surface area contributed by atoms with E-state index < -0.39 is 0 Å². The molecule has 2 aliphatic heterocycles. The fourth-order valence-corrected chi connectivity index (χ4v) is 3.69. The van der Waals surface area contributed by atoms with E-state index in [1.54, 1.807) is 12.4 Å². The van der Waals surface area contributed by atoms with Gasteiger partial charge in [0.25, 0.3) is 0 Å². The molecule has 0 bridgehead atoms. The predicted molar refractivity (Wildman–Crippen MR) is 96.5 cm³/mol. The second-order valence-electron chi connectivity index (χ2n) is 6.93. The molecule has 2 fully saturated rings. The molecule has 0 spiro atoms. The van der Waals surface area contributed by atoms with Gasteiger partial charge in [0.1, 0.15) is 17.5 Å². The van der Waals surface area contributed by atoms with Crippen molar-refractivity contribution in [3.8, 4) is 17.0 Å². The fraction of sp³-hybridized carbons (Fsp3) is 0.500. The monoisotopic (exact) mass is 339 g/mol. The molecule has 0 aliphatic carbocycles. The zero-order chi connectivity index (χ0) is 16.9. The van der Waals surface area contributed by atoms with Crippen molar-refractivity contribution in [2.75, 3.05) is 32.8 Å². The topological polar surface area (TPSA) is 47.5 Å². The van der Waals surface area contributed by atoms with Crippen LogP contribution in [0.1, 0.15) is 19.3 Å². The van der Waals surface area contributed by atoms with E-state index in [2.05, 4.69) is 14.9 Å². The highest BCUT2D eigenvalue weighted by molar-refractivity contribution is 5.65. The van der Waals surface area contributed by atoms with Gasteiger partial charge in [0, 0.05) is 50.4 Å². The molecule has 0 amide bonds. The molecule has 25 heavy (non-hydrogen) atoms. The summed E-state index contributed by atoms with van der Waals surface area (Å²) in [5.41, 5.74) is 1.94. The fourth-order valence-electron chi connectivity index (χ4n) is 3.69. The van der Waals surface area contributed by atoms with Gasteiger partial charge in [-0.1, -0.05) is 0 Å². The molecule has 2 aromatic rings. The van der Waals surface area contributed by atoms with Gasteiger partial charge in [-0.05, 0) is 49.4 Å². The summed E-state index contributed by atoms with van der Waals surface area (Å²) in [6.45, 7) is 5.24. The largest absolute Gasteiger partial charge is 0.488 e. The van der Waals surface area contributed by atoms with Crippen LogP contribution in [0.15, 0.2) is 42.9 Å². The minimum absolute atomic E-state index is 0.265. The highest BCUT2D eigenvalue weighted by atomic mass is 16.5. The van der Waals surface area contributed by atoms with Gasteiger partial charge in [-0.15, -0.1) is 0 Å². The molecular formula is C20H25N3O2. The Labute approximate surface area is 149 Å². The number of pyridine rings is 2. The highest BCUT2D eigenvalue weighted by Gasteiger charge is 2.25. The van der Waals surface area contributed by atoms with E-state index >= 15 is 0 Å². The Balaban J connectivity index is 1.36. The molecule has 2 saturated heterocycles. The molecule has 4 heterocycles. The minimum atomic E-state index is 0.265. The summed E-state index contributed by atoms with van der Waals surface area (Å²) in [7, 11) is 0. The van der Waals surface area contributed by atoms with Gasteiger partial charge in [0.05, 0.1) is 6.61 Å². The van der Waals surface area contributed by atoms with Crippen LogP contribution < -0.4 is 4.74 Å². The zero-order valence-corrected chi connectivity index (χ0v) is 14.5. The predicted octanol–water partition coefficient (Wildman–Crippen LogP) is 3.02. The van der Waals surface area contributed by atoms with Crippen molar-refractivity contribution in [1.29, 1.82) is 0 Å². The number of nitrogens with zero attached hydrogens (tertiary/aromatic N) is 3. The van der Waals surface area contributed by atoms with Crippen LogP contribution in [0.2, 0.25) is 0 Å². The van der Waals surface area contributed by atoms with Gasteiger partial charge in [0.15, 0.2) is 0 Å². The Morgan fingerprint density at radius 2 is 1.92 bits per heavy atom. The summed E-state index contributed by atoms with van der Waals surface area (Å²) >= 11 is 0. The Bertz CT molecular complexity index is 666. The van der Waals surface area contributed by atoms with Crippen molar-refractivity contribution in [2.45, 2.75) is 25.4 Å². The summed E-state index contributed by atoms with van der Waals surface area (Å²) in [6, 6.07) is 7.91. The van der Waals surface area contributed by atoms with Crippen molar-refractivity contribution in [3.05, 3.63) is 42.9 Å². The van der Waals surface area contributed by atoms with E-state index in [0.717, 1.165) is 56.2 Å². The van der Waals surface area contributed by atoms with Crippen molar-refractivity contribution in [2.24, 2.45) is 5.92 Å². The SMILES string of the molecule is c1cnc(-c2ccncc2)c(OC2CCN(CC3CCOC3)CC2)c1. The molecule has 5 nitrogen and oxygen atoms in total. The first-order valence-corrected chi connectivity index (χ1v) is 9.20. The Kier molecular flexibility index (Phi) is 5.23. The molecule has 132 valence electrons. The zero-order valence-electron chi connectivity index (χ0n) is 14.5. The third kappa shape index (κ3) is 4.17. The molecule has 0 saturated carbocycles. The first kappa shape index (κ1) is 16.5. The number of ether oxygens (including phenoxy) is 2. The van der Waals surface area contributed by atoms with Gasteiger partial charge in [-0.25, -0.2) is 0 Å². The lowest BCUT2D eigenvalue weighted by Crippen LogP contribution is -2.40. The summed E-state index contributed by atoms with van der Waals surface area (Å²) in [4.78, 5) is 11.2. The quantitative estimate of drug-likeness (QED) is 0.838. The highest BCUT2D eigenvalue weighted by Crippen LogP contribution is 2.29. The standard InChI is InChI=1S/C20H25N3O2/c1-2-19(20(22-8-1)17-3-9-21-10-4-17)25-18-5-11-23(12-6-18)14-16-7-13-24-15-16/h1-4,8-10,16,18H,5-7,11-15H2. The van der Waals surface area contributed by atoms with Crippen LogP contribution in [0.3, 0.4) is 0 Å². The van der Waals surface area contributed by atoms with Crippen LogP contribution in [-0.4, -0.2) is 53.8 Å². The molecule has 0 N–H and O–H groups in total. The van der Waals surface area contributed by atoms with E-state index in [0.29, 0.717) is 5.92 Å². The van der Waals surface area contributed by atoms with E-state index in [4.69, 9.17) is 9.47 Å². The third-order valence-corrected chi connectivity index (χ3v) is 5.09. The molecule has 4 rings (SSSR count). The van der Waals surface area contributed by atoms with E-state index in [1.165, 1.54) is 13.0 Å². The number of piperidine rings is 1. The van der Waals surface area contributed by atoms with Gasteiger partial charge < -0.3 is 14.4 Å². The maximum atomic E-state index is 6.32. The molecule has 2 aliphatic rings. The number of likely N-dealkylation sites (tertiary alicyclic amines) is 1. The lowest BCUT2D eigenvalue weighted by molar-refractivity contribution is 0.0882. The van der Waals surface area contributed by atoms with Gasteiger partial charge in [-0.2, -0.15) is 0 Å². The molecular weight excluding hydrogens is 314 g/mol. The van der Waals surface area contributed by atoms with Crippen LogP contribution in [0.25, 0.3) is 11.3 Å². The van der Waals surface area contributed by atoms with E-state index in [9.17, 15) is 0 Å². The van der Waals surface area contributed by atoms with Crippen LogP contribution >= 0.6 is 0 Å². The molecule has 2 aromatic heterocycles. The third-order valence-electron chi connectivity index (χ3n) is 5.09. The van der Waals surface area contributed by atoms with Crippen LogP contribution in [0.4, 0.5) is 0 Å². The average Bonchev–Trinajstić information content (AvgIpc) is 3.18. The van der Waals surface area contributed by atoms with E-state index in [-0.39, 0.29) is 6.10 Å². The minimum Gasteiger partial charge on any atom is -0.488 e. The maximum absolute atomic E-state index is 6.32. The van der Waals surface area contributed by atoms with Crippen molar-refractivity contribution in [3.63, 3.8) is 0 Å². The summed E-state index contributed by atoms with van der Waals surface area (Å²) in [5.74, 6) is 1.59. The van der Waals surface area contributed by atoms with Crippen molar-refractivity contribution in [1.82, 2.24) is 14.9 Å². The number of rotatable bonds is 5. The summed E-state index contributed by atoms with van der Waals surface area (Å²) < 4.78 is 11.8. The molecule has 1 atom stereocenters. The first-order chi connectivity index (χ1) is 12.4. The van der Waals surface area contributed by atoms with Crippen LogP contribution in [0, 0.1) is 5.92 Å². The Morgan fingerprint density at radius 3 is 2.68 bits per heavy atom. The first-order valence-electron chi connectivity index (χ1n) is 9.20. The average molecular weight is 339 g/mol. The lowest BCUT2D eigenvalue weighted by atomic mass is 10.0. The number of hydrogen-bond acceptors (Lipinski definition) is 5. The Hall–Kier alpha value is -1.98. The molecule has 0 aromatic carbocycles. The van der Waals surface area contributed by atoms with Crippen LogP contribution in [0.5, 0.6) is 5.75 Å². The second-order valence-corrected chi connectivity index (χ2v) is 6.93. The second kappa shape index (κ2) is 7.93. The normalized spacial score (nSPS) is 22.2. The van der Waals surface area contributed by atoms with Crippen molar-refractivity contribution >= 4 is 0 Å². The Morgan fingerprint density at radius 1 is 1.08 bits per heavy atom. The lowest BCUT2D eigenvalue weighted by Gasteiger charge is -2.33. The summed E-state index contributed by atoms with van der Waals surface area (Å²) in [5, 5.41) is 0. The number of aromatic nitrogens is 2. The maximum Gasteiger partial charge on any atom is 0.145 e. The molecule has 5 heteroatoms. The number of hydrogen-bond donors (Lipinski definition) is 0. The summed E-state index contributed by atoms with van der Waals surface area (Å²) in [6.07, 6.45) is 9.01. The van der Waals surface area contributed by atoms with Crippen LogP contribution in [-0.2, 0) is 4.74 Å². The van der Waals surface area contributed by atoms with E-state index in [1.807, 2.05) is 30.5 Å².